The second kappa shape index (κ2) is 8.02. The lowest BCUT2D eigenvalue weighted by molar-refractivity contribution is -0.137. The molecule has 4 rings (SSSR count). The van der Waals surface area contributed by atoms with E-state index in [1.807, 2.05) is 37.5 Å². The fourth-order valence-corrected chi connectivity index (χ4v) is 3.61. The third-order valence-electron chi connectivity index (χ3n) is 5.22. The Bertz CT molecular complexity index is 842. The predicted molar refractivity (Wildman–Crippen MR) is 102 cm³/mol. The number of rotatable bonds is 5. The molecule has 0 saturated carbocycles. The van der Waals surface area contributed by atoms with Crippen molar-refractivity contribution in [1.29, 1.82) is 0 Å². The topological polar surface area (TPSA) is 76.9 Å². The van der Waals surface area contributed by atoms with Crippen LogP contribution in [0, 0.1) is 0 Å². The first-order valence-corrected chi connectivity index (χ1v) is 9.47. The summed E-state index contributed by atoms with van der Waals surface area (Å²) < 4.78 is 13.0. The van der Waals surface area contributed by atoms with Crippen molar-refractivity contribution in [3.8, 4) is 17.1 Å². The molecule has 1 aromatic carbocycles. The minimum Gasteiger partial charge on any atom is -0.484 e. The zero-order valence-corrected chi connectivity index (χ0v) is 15.9. The van der Waals surface area contributed by atoms with Crippen molar-refractivity contribution in [1.82, 2.24) is 19.4 Å². The summed E-state index contributed by atoms with van der Waals surface area (Å²) >= 11 is 0. The summed E-state index contributed by atoms with van der Waals surface area (Å²) in [6.07, 6.45) is 4.16. The minimum atomic E-state index is -0.0297. The van der Waals surface area contributed by atoms with Crippen molar-refractivity contribution in [2.45, 2.75) is 12.5 Å². The quantitative estimate of drug-likeness (QED) is 0.774. The Labute approximate surface area is 163 Å². The molecule has 1 aromatic heterocycles. The summed E-state index contributed by atoms with van der Waals surface area (Å²) in [4.78, 5) is 32.0. The van der Waals surface area contributed by atoms with E-state index in [0.717, 1.165) is 11.4 Å². The highest BCUT2D eigenvalue weighted by molar-refractivity contribution is 5.79. The van der Waals surface area contributed by atoms with Gasteiger partial charge in [-0.25, -0.2) is 4.98 Å². The van der Waals surface area contributed by atoms with E-state index in [1.165, 1.54) is 0 Å². The smallest absolute Gasteiger partial charge is 0.260 e. The predicted octanol–water partition coefficient (Wildman–Crippen LogP) is 1.19. The average molecular weight is 384 g/mol. The molecule has 2 fully saturated rings. The van der Waals surface area contributed by atoms with Crippen molar-refractivity contribution in [3.63, 3.8) is 0 Å². The SMILES string of the molecule is CN1CC(n2ccnc2-c2ccc(OCC(=O)N3CCOCC3)cc2)CC1=O. The van der Waals surface area contributed by atoms with Crippen LogP contribution in [0.15, 0.2) is 36.7 Å². The van der Waals surface area contributed by atoms with E-state index in [0.29, 0.717) is 45.0 Å². The minimum absolute atomic E-state index is 0.0183. The lowest BCUT2D eigenvalue weighted by Crippen LogP contribution is -2.42. The Hall–Kier alpha value is -2.87. The Morgan fingerprint density at radius 1 is 1.25 bits per heavy atom. The number of imidazole rings is 1. The molecule has 0 bridgehead atoms. The van der Waals surface area contributed by atoms with Crippen LogP contribution >= 0.6 is 0 Å². The molecule has 2 amide bonds. The second-order valence-corrected chi connectivity index (χ2v) is 7.10. The van der Waals surface area contributed by atoms with Crippen molar-refractivity contribution in [3.05, 3.63) is 36.7 Å². The van der Waals surface area contributed by atoms with E-state index in [1.54, 1.807) is 16.0 Å². The molecule has 2 aromatic rings. The van der Waals surface area contributed by atoms with Gasteiger partial charge in [0.1, 0.15) is 11.6 Å². The number of ether oxygens (including phenoxy) is 2. The molecule has 1 unspecified atom stereocenters. The van der Waals surface area contributed by atoms with E-state index in [-0.39, 0.29) is 24.5 Å². The molecule has 0 aliphatic carbocycles. The summed E-state index contributed by atoms with van der Waals surface area (Å²) in [6.45, 7) is 3.09. The number of nitrogens with zero attached hydrogens (tertiary/aromatic N) is 4. The van der Waals surface area contributed by atoms with Gasteiger partial charge in [-0.1, -0.05) is 0 Å². The van der Waals surface area contributed by atoms with Crippen LogP contribution in [0.25, 0.3) is 11.4 Å². The molecule has 1 atom stereocenters. The van der Waals surface area contributed by atoms with Crippen LogP contribution in [0.3, 0.4) is 0 Å². The number of morpholine rings is 1. The third kappa shape index (κ3) is 3.87. The molecule has 2 aliphatic rings. The molecule has 8 heteroatoms. The van der Waals surface area contributed by atoms with E-state index in [9.17, 15) is 9.59 Å². The second-order valence-electron chi connectivity index (χ2n) is 7.10. The largest absolute Gasteiger partial charge is 0.484 e. The fourth-order valence-electron chi connectivity index (χ4n) is 3.61. The Morgan fingerprint density at radius 2 is 2.00 bits per heavy atom. The van der Waals surface area contributed by atoms with Crippen LogP contribution in [0.2, 0.25) is 0 Å². The summed E-state index contributed by atoms with van der Waals surface area (Å²) in [6, 6.07) is 7.62. The van der Waals surface area contributed by atoms with Crippen molar-refractivity contribution in [2.24, 2.45) is 0 Å². The number of likely N-dealkylation sites (tertiary alicyclic amines) is 1. The molecule has 3 heterocycles. The maximum absolute atomic E-state index is 12.2. The van der Waals surface area contributed by atoms with E-state index >= 15 is 0 Å². The first kappa shape index (κ1) is 18.5. The number of hydrogen-bond donors (Lipinski definition) is 0. The molecule has 28 heavy (non-hydrogen) atoms. The van der Waals surface area contributed by atoms with Gasteiger partial charge in [-0.15, -0.1) is 0 Å². The van der Waals surface area contributed by atoms with Crippen molar-refractivity contribution in [2.75, 3.05) is 46.5 Å². The van der Waals surface area contributed by atoms with Crippen LogP contribution in [0.1, 0.15) is 12.5 Å². The van der Waals surface area contributed by atoms with Gasteiger partial charge in [-0.2, -0.15) is 0 Å². The average Bonchev–Trinajstić information content (AvgIpc) is 3.34. The van der Waals surface area contributed by atoms with Crippen molar-refractivity contribution >= 4 is 11.8 Å². The van der Waals surface area contributed by atoms with E-state index in [4.69, 9.17) is 9.47 Å². The fraction of sp³-hybridized carbons (Fsp3) is 0.450. The highest BCUT2D eigenvalue weighted by Crippen LogP contribution is 2.28. The van der Waals surface area contributed by atoms with Gasteiger partial charge in [0.2, 0.25) is 5.91 Å². The zero-order valence-electron chi connectivity index (χ0n) is 15.9. The first-order chi connectivity index (χ1) is 13.6. The molecular weight excluding hydrogens is 360 g/mol. The van der Waals surface area contributed by atoms with Crippen LogP contribution in [0.4, 0.5) is 0 Å². The molecule has 2 aliphatic heterocycles. The van der Waals surface area contributed by atoms with Crippen molar-refractivity contribution < 1.29 is 19.1 Å². The number of likely N-dealkylation sites (N-methyl/N-ethyl adjacent to an activating group) is 1. The summed E-state index contributed by atoms with van der Waals surface area (Å²) in [5, 5.41) is 0. The van der Waals surface area contributed by atoms with Crippen LogP contribution in [-0.4, -0.2) is 77.7 Å². The van der Waals surface area contributed by atoms with Crippen LogP contribution < -0.4 is 4.74 Å². The molecular formula is C20H24N4O4. The maximum Gasteiger partial charge on any atom is 0.260 e. The van der Waals surface area contributed by atoms with E-state index in [2.05, 4.69) is 9.55 Å². The maximum atomic E-state index is 12.2. The Morgan fingerprint density at radius 3 is 2.68 bits per heavy atom. The van der Waals surface area contributed by atoms with Gasteiger partial charge in [0.05, 0.1) is 19.3 Å². The molecule has 0 radical (unpaired) electrons. The molecule has 8 nitrogen and oxygen atoms in total. The highest BCUT2D eigenvalue weighted by atomic mass is 16.5. The standard InChI is InChI=1S/C20H24N4O4/c1-22-13-16(12-18(22)25)24-7-6-21-20(24)15-2-4-17(5-3-15)28-14-19(26)23-8-10-27-11-9-23/h2-7,16H,8-14H2,1H3. The highest BCUT2D eigenvalue weighted by Gasteiger charge is 2.29. The van der Waals surface area contributed by atoms with Gasteiger partial charge in [0.25, 0.3) is 5.91 Å². The summed E-state index contributed by atoms with van der Waals surface area (Å²) in [5.41, 5.74) is 0.943. The van der Waals surface area contributed by atoms with Gasteiger partial charge in [-0.05, 0) is 24.3 Å². The first-order valence-electron chi connectivity index (χ1n) is 9.47. The normalized spacial score (nSPS) is 19.9. The lowest BCUT2D eigenvalue weighted by atomic mass is 10.2. The Balaban J connectivity index is 1.39. The number of aromatic nitrogens is 2. The molecule has 0 spiro atoms. The molecule has 2 saturated heterocycles. The summed E-state index contributed by atoms with van der Waals surface area (Å²) in [7, 11) is 1.82. The Kier molecular flexibility index (Phi) is 5.29. The lowest BCUT2D eigenvalue weighted by Gasteiger charge is -2.26. The van der Waals surface area contributed by atoms with E-state index < -0.39 is 0 Å². The zero-order chi connectivity index (χ0) is 19.5. The van der Waals surface area contributed by atoms with Crippen LogP contribution in [0.5, 0.6) is 5.75 Å². The number of carbonyl (C=O) groups is 2. The molecule has 148 valence electrons. The molecule has 0 N–H and O–H groups in total. The number of carbonyl (C=O) groups excluding carboxylic acids is 2. The number of benzene rings is 1. The van der Waals surface area contributed by atoms with Gasteiger partial charge in [-0.3, -0.25) is 9.59 Å². The monoisotopic (exact) mass is 384 g/mol. The number of amides is 2. The van der Waals surface area contributed by atoms with Gasteiger partial charge < -0.3 is 23.8 Å². The van der Waals surface area contributed by atoms with Crippen LogP contribution in [-0.2, 0) is 14.3 Å². The number of hydrogen-bond acceptors (Lipinski definition) is 5. The third-order valence-corrected chi connectivity index (χ3v) is 5.22. The van der Waals surface area contributed by atoms with Gasteiger partial charge in [0, 0.05) is 51.1 Å². The summed E-state index contributed by atoms with van der Waals surface area (Å²) in [5.74, 6) is 1.58. The van der Waals surface area contributed by atoms with Gasteiger partial charge in [0.15, 0.2) is 6.61 Å². The van der Waals surface area contributed by atoms with Gasteiger partial charge >= 0.3 is 0 Å².